The summed E-state index contributed by atoms with van der Waals surface area (Å²) in [5, 5.41) is 22.0. The fraction of sp³-hybridized carbons (Fsp3) is 0. The molecule has 0 aliphatic rings. The van der Waals surface area contributed by atoms with Crippen LogP contribution in [-0.2, 0) is 0 Å². The SMILES string of the molecule is O=c1c2cc([N+](=O)[O-])cc([N+](=O)[O-])c2sn1-c1ccccc1. The first kappa shape index (κ1) is 13.9. The van der Waals surface area contributed by atoms with Crippen LogP contribution in [0.4, 0.5) is 11.4 Å². The number of hydrogen-bond donors (Lipinski definition) is 0. The zero-order chi connectivity index (χ0) is 15.9. The third kappa shape index (κ3) is 2.13. The highest BCUT2D eigenvalue weighted by molar-refractivity contribution is 7.14. The Balaban J connectivity index is 2.39. The molecule has 22 heavy (non-hydrogen) atoms. The molecule has 110 valence electrons. The minimum Gasteiger partial charge on any atom is -0.267 e. The van der Waals surface area contributed by atoms with Gasteiger partial charge in [0.25, 0.3) is 16.9 Å². The average Bonchev–Trinajstić information content (AvgIpc) is 2.84. The van der Waals surface area contributed by atoms with Gasteiger partial charge in [0.05, 0.1) is 27.0 Å². The Morgan fingerprint density at radius 2 is 1.68 bits per heavy atom. The topological polar surface area (TPSA) is 108 Å². The number of nitro groups is 2. The van der Waals surface area contributed by atoms with Gasteiger partial charge >= 0.3 is 0 Å². The van der Waals surface area contributed by atoms with Crippen LogP contribution in [0.25, 0.3) is 15.8 Å². The van der Waals surface area contributed by atoms with Gasteiger partial charge in [-0.25, -0.2) is 3.96 Å². The van der Waals surface area contributed by atoms with E-state index in [2.05, 4.69) is 0 Å². The van der Waals surface area contributed by atoms with Crippen molar-refractivity contribution in [2.45, 2.75) is 0 Å². The van der Waals surface area contributed by atoms with Crippen molar-refractivity contribution in [3.05, 3.63) is 73.0 Å². The monoisotopic (exact) mass is 317 g/mol. The molecular weight excluding hydrogens is 310 g/mol. The summed E-state index contributed by atoms with van der Waals surface area (Å²) in [6.45, 7) is 0. The number of rotatable bonds is 3. The summed E-state index contributed by atoms with van der Waals surface area (Å²) in [6, 6.07) is 10.5. The van der Waals surface area contributed by atoms with Gasteiger partial charge in [0.1, 0.15) is 4.70 Å². The van der Waals surface area contributed by atoms with Crippen molar-refractivity contribution in [2.24, 2.45) is 0 Å². The number of benzene rings is 2. The van der Waals surface area contributed by atoms with E-state index < -0.39 is 26.8 Å². The van der Waals surface area contributed by atoms with E-state index in [4.69, 9.17) is 0 Å². The number of nitro benzene ring substituents is 2. The molecule has 0 spiro atoms. The molecule has 0 aliphatic heterocycles. The van der Waals surface area contributed by atoms with Gasteiger partial charge in [-0.2, -0.15) is 0 Å². The van der Waals surface area contributed by atoms with Crippen LogP contribution < -0.4 is 5.56 Å². The predicted molar refractivity (Wildman–Crippen MR) is 80.7 cm³/mol. The van der Waals surface area contributed by atoms with Crippen molar-refractivity contribution in [3.63, 3.8) is 0 Å². The maximum absolute atomic E-state index is 12.4. The van der Waals surface area contributed by atoms with E-state index in [1.807, 2.05) is 0 Å². The lowest BCUT2D eigenvalue weighted by atomic mass is 10.2. The molecule has 0 N–H and O–H groups in total. The third-order valence-corrected chi connectivity index (χ3v) is 4.22. The number of para-hydroxylation sites is 1. The standard InChI is InChI=1S/C13H7N3O5S/c17-13-10-6-9(15(18)19)7-11(16(20)21)12(10)22-14(13)8-4-2-1-3-5-8/h1-7H. The van der Waals surface area contributed by atoms with Crippen LogP contribution in [0.2, 0.25) is 0 Å². The second-order valence-electron chi connectivity index (χ2n) is 4.38. The van der Waals surface area contributed by atoms with Gasteiger partial charge in [0.15, 0.2) is 0 Å². The van der Waals surface area contributed by atoms with Gasteiger partial charge < -0.3 is 0 Å². The first-order valence-electron chi connectivity index (χ1n) is 6.03. The number of aromatic nitrogens is 1. The summed E-state index contributed by atoms with van der Waals surface area (Å²) < 4.78 is 1.39. The molecule has 0 atom stereocenters. The molecule has 0 aliphatic carbocycles. The molecule has 0 unspecified atom stereocenters. The largest absolute Gasteiger partial charge is 0.295 e. The highest BCUT2D eigenvalue weighted by atomic mass is 32.1. The minimum absolute atomic E-state index is 0.0326. The molecule has 3 rings (SSSR count). The molecule has 0 radical (unpaired) electrons. The summed E-state index contributed by atoms with van der Waals surface area (Å²) in [4.78, 5) is 32.9. The van der Waals surface area contributed by atoms with Crippen molar-refractivity contribution in [3.8, 4) is 5.69 Å². The maximum atomic E-state index is 12.4. The van der Waals surface area contributed by atoms with Crippen LogP contribution in [0.5, 0.6) is 0 Å². The van der Waals surface area contributed by atoms with E-state index in [0.717, 1.165) is 23.7 Å². The Hall–Kier alpha value is -3.07. The van der Waals surface area contributed by atoms with E-state index in [9.17, 15) is 25.0 Å². The molecule has 0 fully saturated rings. The summed E-state index contributed by atoms with van der Waals surface area (Å²) >= 11 is 0.892. The quantitative estimate of drug-likeness (QED) is 0.545. The minimum atomic E-state index is -0.754. The molecule has 0 bridgehead atoms. The van der Waals surface area contributed by atoms with Crippen LogP contribution in [0, 0.1) is 20.2 Å². The summed E-state index contributed by atoms with van der Waals surface area (Å²) in [6.07, 6.45) is 0. The molecule has 9 heteroatoms. The van der Waals surface area contributed by atoms with E-state index >= 15 is 0 Å². The third-order valence-electron chi connectivity index (χ3n) is 3.05. The number of hydrogen-bond acceptors (Lipinski definition) is 6. The van der Waals surface area contributed by atoms with Crippen LogP contribution >= 0.6 is 11.5 Å². The van der Waals surface area contributed by atoms with Gasteiger partial charge in [-0.05, 0) is 23.7 Å². The lowest BCUT2D eigenvalue weighted by Crippen LogP contribution is -2.10. The van der Waals surface area contributed by atoms with Crippen LogP contribution in [-0.4, -0.2) is 13.8 Å². The summed E-state index contributed by atoms with van der Waals surface area (Å²) in [5.41, 5.74) is -0.890. The van der Waals surface area contributed by atoms with Crippen LogP contribution in [0.3, 0.4) is 0 Å². The fourth-order valence-corrected chi connectivity index (χ4v) is 3.13. The molecule has 0 saturated carbocycles. The maximum Gasteiger partial charge on any atom is 0.295 e. The number of non-ortho nitro benzene ring substituents is 2. The van der Waals surface area contributed by atoms with E-state index in [1.54, 1.807) is 30.3 Å². The average molecular weight is 317 g/mol. The van der Waals surface area contributed by atoms with Crippen molar-refractivity contribution < 1.29 is 9.85 Å². The molecule has 0 amide bonds. The van der Waals surface area contributed by atoms with Crippen LogP contribution in [0.1, 0.15) is 0 Å². The molecular formula is C13H7N3O5S. The number of fused-ring (bicyclic) bond motifs is 1. The molecule has 2 aromatic carbocycles. The Kier molecular flexibility index (Phi) is 3.18. The van der Waals surface area contributed by atoms with Gasteiger partial charge in [-0.3, -0.25) is 25.0 Å². The lowest BCUT2D eigenvalue weighted by molar-refractivity contribution is -0.392. The summed E-state index contributed by atoms with van der Waals surface area (Å²) in [5.74, 6) is 0. The highest BCUT2D eigenvalue weighted by Gasteiger charge is 2.24. The normalized spacial score (nSPS) is 10.7. The molecule has 1 aromatic heterocycles. The lowest BCUT2D eigenvalue weighted by Gasteiger charge is -1.97. The van der Waals surface area contributed by atoms with Gasteiger partial charge in [-0.15, -0.1) is 0 Å². The highest BCUT2D eigenvalue weighted by Crippen LogP contribution is 2.33. The molecule has 3 aromatic rings. The first-order chi connectivity index (χ1) is 10.5. The Morgan fingerprint density at radius 3 is 2.27 bits per heavy atom. The van der Waals surface area contributed by atoms with Crippen molar-refractivity contribution in [2.75, 3.05) is 0 Å². The van der Waals surface area contributed by atoms with Crippen molar-refractivity contribution in [1.29, 1.82) is 0 Å². The second kappa shape index (κ2) is 5.04. The smallest absolute Gasteiger partial charge is 0.267 e. The molecule has 1 heterocycles. The van der Waals surface area contributed by atoms with E-state index in [0.29, 0.717) is 5.69 Å². The van der Waals surface area contributed by atoms with Gasteiger partial charge in [-0.1, -0.05) is 18.2 Å². The molecule has 0 saturated heterocycles. The zero-order valence-corrected chi connectivity index (χ0v) is 11.6. The van der Waals surface area contributed by atoms with Gasteiger partial charge in [0, 0.05) is 6.07 Å². The zero-order valence-electron chi connectivity index (χ0n) is 10.8. The predicted octanol–water partition coefficient (Wildman–Crippen LogP) is 2.87. The Bertz CT molecular complexity index is 961. The van der Waals surface area contributed by atoms with Gasteiger partial charge in [0.2, 0.25) is 0 Å². The fourth-order valence-electron chi connectivity index (χ4n) is 2.07. The van der Waals surface area contributed by atoms with E-state index in [1.165, 1.54) is 3.96 Å². The Labute approximate surface area is 126 Å². The summed E-state index contributed by atoms with van der Waals surface area (Å²) in [7, 11) is 0. The van der Waals surface area contributed by atoms with E-state index in [-0.39, 0.29) is 10.1 Å². The number of nitrogens with zero attached hydrogens (tertiary/aromatic N) is 3. The van der Waals surface area contributed by atoms with Crippen molar-refractivity contribution >= 4 is 33.0 Å². The first-order valence-corrected chi connectivity index (χ1v) is 6.80. The second-order valence-corrected chi connectivity index (χ2v) is 5.34. The molecule has 8 nitrogen and oxygen atoms in total. The van der Waals surface area contributed by atoms with Crippen LogP contribution in [0.15, 0.2) is 47.3 Å². The Morgan fingerprint density at radius 1 is 1.00 bits per heavy atom. The van der Waals surface area contributed by atoms with Crippen molar-refractivity contribution in [1.82, 2.24) is 3.96 Å².